The van der Waals surface area contributed by atoms with Crippen LogP contribution < -0.4 is 5.32 Å². The molecule has 5 heteroatoms. The number of aryl methyl sites for hydroxylation is 1. The molecule has 0 spiro atoms. The topological polar surface area (TPSA) is 88.3 Å². The highest BCUT2D eigenvalue weighted by Gasteiger charge is 2.42. The Hall–Kier alpha value is -3.41. The third-order valence-corrected chi connectivity index (χ3v) is 6.84. The van der Waals surface area contributed by atoms with Crippen molar-refractivity contribution in [3.05, 3.63) is 89.0 Å². The molecule has 0 bridgehead atoms. The van der Waals surface area contributed by atoms with Gasteiger partial charge < -0.3 is 10.3 Å². The lowest BCUT2D eigenvalue weighted by molar-refractivity contribution is 0.154. The second-order valence-corrected chi connectivity index (χ2v) is 9.04. The van der Waals surface area contributed by atoms with E-state index in [2.05, 4.69) is 58.6 Å². The van der Waals surface area contributed by atoms with Gasteiger partial charge in [0.05, 0.1) is 29.4 Å². The van der Waals surface area contributed by atoms with Crippen molar-refractivity contribution in [2.45, 2.75) is 38.5 Å². The number of imidazole rings is 1. The van der Waals surface area contributed by atoms with Crippen molar-refractivity contribution in [3.63, 3.8) is 0 Å². The Balaban J connectivity index is 1.60. The quantitative estimate of drug-likeness (QED) is 0.578. The first-order valence-electron chi connectivity index (χ1n) is 11.3. The van der Waals surface area contributed by atoms with Gasteiger partial charge in [-0.2, -0.15) is 10.5 Å². The smallest absolute Gasteiger partial charge is 0.0991 e. The molecule has 5 nitrogen and oxygen atoms in total. The zero-order valence-electron chi connectivity index (χ0n) is 18.5. The fraction of sp³-hybridized carbons (Fsp3) is 0.370. The molecule has 0 amide bonds. The molecule has 1 aliphatic rings. The third kappa shape index (κ3) is 4.90. The second kappa shape index (κ2) is 9.81. The van der Waals surface area contributed by atoms with Crippen molar-refractivity contribution in [2.75, 3.05) is 13.1 Å². The van der Waals surface area contributed by atoms with E-state index in [0.717, 1.165) is 44.5 Å². The first-order valence-corrected chi connectivity index (χ1v) is 11.3. The summed E-state index contributed by atoms with van der Waals surface area (Å²) in [7, 11) is 0. The molecule has 3 aromatic rings. The van der Waals surface area contributed by atoms with Crippen LogP contribution >= 0.6 is 0 Å². The standard InChI is InChI=1S/C27H29N5/c1-20-3-2-4-23(11-20)14-27(18-29)9-10-30-16-25(27)13-24(26-17-31-19-32-26)12-21-5-7-22(15-28)8-6-21/h2-8,11,17,19,24-25,30H,9-10,12-14,16H2,1H3,(H,31,32). The van der Waals surface area contributed by atoms with Gasteiger partial charge in [0.15, 0.2) is 0 Å². The molecule has 2 heterocycles. The monoisotopic (exact) mass is 423 g/mol. The van der Waals surface area contributed by atoms with E-state index in [4.69, 9.17) is 5.26 Å². The van der Waals surface area contributed by atoms with E-state index < -0.39 is 0 Å². The zero-order valence-corrected chi connectivity index (χ0v) is 18.5. The highest BCUT2D eigenvalue weighted by molar-refractivity contribution is 5.32. The first kappa shape index (κ1) is 21.8. The maximum Gasteiger partial charge on any atom is 0.0991 e. The molecule has 1 saturated heterocycles. The number of nitriles is 2. The summed E-state index contributed by atoms with van der Waals surface area (Å²) in [6, 6.07) is 21.3. The van der Waals surface area contributed by atoms with Crippen LogP contribution in [0.15, 0.2) is 61.1 Å². The molecule has 0 radical (unpaired) electrons. The minimum atomic E-state index is -0.387. The molecular formula is C27H29N5. The van der Waals surface area contributed by atoms with Gasteiger partial charge in [0.2, 0.25) is 0 Å². The van der Waals surface area contributed by atoms with E-state index in [0.29, 0.717) is 5.56 Å². The van der Waals surface area contributed by atoms with E-state index in [1.807, 2.05) is 30.5 Å². The van der Waals surface area contributed by atoms with Crippen molar-refractivity contribution >= 4 is 0 Å². The summed E-state index contributed by atoms with van der Waals surface area (Å²) in [4.78, 5) is 7.57. The molecule has 0 aliphatic carbocycles. The summed E-state index contributed by atoms with van der Waals surface area (Å²) in [5.74, 6) is 0.453. The van der Waals surface area contributed by atoms with Crippen LogP contribution in [0.2, 0.25) is 0 Å². The van der Waals surface area contributed by atoms with Gasteiger partial charge >= 0.3 is 0 Å². The maximum atomic E-state index is 10.4. The van der Waals surface area contributed by atoms with Crippen LogP contribution in [-0.2, 0) is 12.8 Å². The van der Waals surface area contributed by atoms with E-state index in [1.54, 1.807) is 6.33 Å². The van der Waals surface area contributed by atoms with Crippen LogP contribution in [0, 0.1) is 40.9 Å². The fourth-order valence-electron chi connectivity index (χ4n) is 5.06. The number of benzene rings is 2. The summed E-state index contributed by atoms with van der Waals surface area (Å²) in [6.07, 6.45) is 7.01. The normalized spacial score (nSPS) is 21.4. The van der Waals surface area contributed by atoms with Crippen LogP contribution in [-0.4, -0.2) is 23.1 Å². The predicted octanol–water partition coefficient (Wildman–Crippen LogP) is 4.67. The van der Waals surface area contributed by atoms with Crippen LogP contribution in [0.1, 0.15) is 46.7 Å². The van der Waals surface area contributed by atoms with Gasteiger partial charge in [-0.3, -0.25) is 0 Å². The van der Waals surface area contributed by atoms with Gasteiger partial charge in [-0.1, -0.05) is 42.0 Å². The summed E-state index contributed by atoms with van der Waals surface area (Å²) < 4.78 is 0. The molecule has 4 rings (SSSR count). The average molecular weight is 424 g/mol. The lowest BCUT2D eigenvalue weighted by Gasteiger charge is -2.41. The molecule has 1 aliphatic heterocycles. The zero-order chi connectivity index (χ0) is 22.4. The predicted molar refractivity (Wildman–Crippen MR) is 125 cm³/mol. The highest BCUT2D eigenvalue weighted by atomic mass is 14.9. The Bertz CT molecular complexity index is 1100. The number of hydrogen-bond acceptors (Lipinski definition) is 4. The van der Waals surface area contributed by atoms with Crippen molar-refractivity contribution in [2.24, 2.45) is 11.3 Å². The van der Waals surface area contributed by atoms with Gasteiger partial charge in [0.1, 0.15) is 0 Å². The van der Waals surface area contributed by atoms with E-state index >= 15 is 0 Å². The number of piperidine rings is 1. The number of nitrogens with one attached hydrogen (secondary N) is 2. The van der Waals surface area contributed by atoms with Crippen molar-refractivity contribution in [1.29, 1.82) is 10.5 Å². The van der Waals surface area contributed by atoms with Gasteiger partial charge in [0, 0.05) is 17.8 Å². The van der Waals surface area contributed by atoms with Crippen molar-refractivity contribution in [1.82, 2.24) is 15.3 Å². The van der Waals surface area contributed by atoms with Crippen LogP contribution in [0.3, 0.4) is 0 Å². The summed E-state index contributed by atoms with van der Waals surface area (Å²) in [5, 5.41) is 23.0. The lowest BCUT2D eigenvalue weighted by atomic mass is 9.65. The molecule has 3 atom stereocenters. The summed E-state index contributed by atoms with van der Waals surface area (Å²) in [6.45, 7) is 3.83. The second-order valence-electron chi connectivity index (χ2n) is 9.04. The largest absolute Gasteiger partial charge is 0.348 e. The molecule has 1 aromatic heterocycles. The number of aromatic amines is 1. The van der Waals surface area contributed by atoms with Gasteiger partial charge in [0.25, 0.3) is 0 Å². The number of nitrogens with zero attached hydrogens (tertiary/aromatic N) is 3. The molecule has 162 valence electrons. The van der Waals surface area contributed by atoms with Gasteiger partial charge in [-0.25, -0.2) is 4.98 Å². The molecule has 2 N–H and O–H groups in total. The average Bonchev–Trinajstić information content (AvgIpc) is 3.35. The lowest BCUT2D eigenvalue weighted by Crippen LogP contribution is -2.46. The molecule has 2 aromatic carbocycles. The van der Waals surface area contributed by atoms with E-state index in [9.17, 15) is 5.26 Å². The van der Waals surface area contributed by atoms with Crippen LogP contribution in [0.5, 0.6) is 0 Å². The van der Waals surface area contributed by atoms with Crippen molar-refractivity contribution in [3.8, 4) is 12.1 Å². The maximum absolute atomic E-state index is 10.4. The minimum absolute atomic E-state index is 0.223. The summed E-state index contributed by atoms with van der Waals surface area (Å²) in [5.41, 5.74) is 5.05. The van der Waals surface area contributed by atoms with Crippen molar-refractivity contribution < 1.29 is 0 Å². The minimum Gasteiger partial charge on any atom is -0.348 e. The molecule has 0 saturated carbocycles. The van der Waals surface area contributed by atoms with Gasteiger partial charge in [-0.15, -0.1) is 0 Å². The Morgan fingerprint density at radius 1 is 1.16 bits per heavy atom. The fourth-order valence-corrected chi connectivity index (χ4v) is 5.06. The third-order valence-electron chi connectivity index (χ3n) is 6.84. The first-order chi connectivity index (χ1) is 15.6. The van der Waals surface area contributed by atoms with Crippen LogP contribution in [0.25, 0.3) is 0 Å². The van der Waals surface area contributed by atoms with Gasteiger partial charge in [-0.05, 0) is 74.9 Å². The van der Waals surface area contributed by atoms with Crippen LogP contribution in [0.4, 0.5) is 0 Å². The molecular weight excluding hydrogens is 394 g/mol. The molecule has 3 unspecified atom stereocenters. The van der Waals surface area contributed by atoms with E-state index in [-0.39, 0.29) is 17.3 Å². The number of aromatic nitrogens is 2. The highest BCUT2D eigenvalue weighted by Crippen LogP contribution is 2.42. The number of hydrogen-bond donors (Lipinski definition) is 2. The SMILES string of the molecule is Cc1cccc(CC2(C#N)CCNCC2CC(Cc2ccc(C#N)cc2)c2cnc[nH]2)c1. The molecule has 32 heavy (non-hydrogen) atoms. The van der Waals surface area contributed by atoms with E-state index in [1.165, 1.54) is 16.7 Å². The molecule has 1 fully saturated rings. The Morgan fingerprint density at radius 2 is 2.00 bits per heavy atom. The Morgan fingerprint density at radius 3 is 2.69 bits per heavy atom. The Labute approximate surface area is 190 Å². The Kier molecular flexibility index (Phi) is 6.69. The number of H-pyrrole nitrogens is 1. The summed E-state index contributed by atoms with van der Waals surface area (Å²) >= 11 is 0. The number of rotatable bonds is 7.